The molecule has 6 nitrogen and oxygen atoms in total. The van der Waals surface area contributed by atoms with Gasteiger partial charge in [0, 0.05) is 19.8 Å². The normalized spacial score (nSPS) is 11.3. The smallest absolute Gasteiger partial charge is 0.262 e. The molecule has 0 spiro atoms. The summed E-state index contributed by atoms with van der Waals surface area (Å²) in [7, 11) is -2.33. The molecule has 108 valence electrons. The van der Waals surface area contributed by atoms with E-state index in [1.54, 1.807) is 30.3 Å². The van der Waals surface area contributed by atoms with Crippen molar-refractivity contribution in [1.29, 1.82) is 5.26 Å². The lowest BCUT2D eigenvalue weighted by Crippen LogP contribution is -2.28. The zero-order valence-electron chi connectivity index (χ0n) is 11.4. The molecule has 2 N–H and O–H groups in total. The number of nitrogens with zero attached hydrogens (tertiary/aromatic N) is 3. The van der Waals surface area contributed by atoms with E-state index in [0.717, 1.165) is 9.87 Å². The standard InChI is InChI=1S/C14H14N4O2S/c1-18(10-12-5-2-4-11(8-12)9-15)21(19,20)14-13(16)6-3-7-17-14/h2-8H,10,16H2,1H3. The van der Waals surface area contributed by atoms with Gasteiger partial charge in [0.25, 0.3) is 10.0 Å². The van der Waals surface area contributed by atoms with Crippen molar-refractivity contribution < 1.29 is 8.42 Å². The van der Waals surface area contributed by atoms with Gasteiger partial charge in [-0.05, 0) is 29.8 Å². The van der Waals surface area contributed by atoms with Crippen molar-refractivity contribution in [3.8, 4) is 6.07 Å². The van der Waals surface area contributed by atoms with E-state index in [1.807, 2.05) is 6.07 Å². The molecule has 0 aliphatic carbocycles. The van der Waals surface area contributed by atoms with Crippen molar-refractivity contribution >= 4 is 15.7 Å². The van der Waals surface area contributed by atoms with Crippen LogP contribution >= 0.6 is 0 Å². The average Bonchev–Trinajstić information content (AvgIpc) is 2.47. The summed E-state index contributed by atoms with van der Waals surface area (Å²) in [6, 6.07) is 11.9. The maximum Gasteiger partial charge on any atom is 0.262 e. The number of sulfonamides is 1. The van der Waals surface area contributed by atoms with E-state index in [2.05, 4.69) is 4.98 Å². The maximum absolute atomic E-state index is 12.4. The van der Waals surface area contributed by atoms with Crippen molar-refractivity contribution in [2.24, 2.45) is 0 Å². The Hall–Kier alpha value is -2.43. The summed E-state index contributed by atoms with van der Waals surface area (Å²) in [4.78, 5) is 3.84. The van der Waals surface area contributed by atoms with E-state index in [-0.39, 0.29) is 17.3 Å². The highest BCUT2D eigenvalue weighted by molar-refractivity contribution is 7.89. The molecule has 0 fully saturated rings. The first-order valence-corrected chi connectivity index (χ1v) is 7.55. The quantitative estimate of drug-likeness (QED) is 0.919. The number of hydrogen-bond donors (Lipinski definition) is 1. The van der Waals surface area contributed by atoms with Crippen LogP contribution in [0.1, 0.15) is 11.1 Å². The minimum Gasteiger partial charge on any atom is -0.396 e. The number of anilines is 1. The highest BCUT2D eigenvalue weighted by Crippen LogP contribution is 2.20. The highest BCUT2D eigenvalue weighted by Gasteiger charge is 2.24. The van der Waals surface area contributed by atoms with E-state index in [0.29, 0.717) is 5.56 Å². The first kappa shape index (κ1) is 15.0. The van der Waals surface area contributed by atoms with E-state index in [4.69, 9.17) is 11.0 Å². The third-order valence-electron chi connectivity index (χ3n) is 2.92. The summed E-state index contributed by atoms with van der Waals surface area (Å²) in [5.41, 5.74) is 6.98. The van der Waals surface area contributed by atoms with Crippen LogP contribution in [0.4, 0.5) is 5.69 Å². The Bertz CT molecular complexity index is 797. The molecule has 1 aromatic heterocycles. The molecule has 0 aliphatic heterocycles. The fourth-order valence-corrected chi connectivity index (χ4v) is 3.02. The molecule has 0 unspecified atom stereocenters. The topological polar surface area (TPSA) is 100 Å². The Balaban J connectivity index is 2.29. The molecule has 1 heterocycles. The molecular formula is C14H14N4O2S. The summed E-state index contributed by atoms with van der Waals surface area (Å²) in [5.74, 6) is 0. The van der Waals surface area contributed by atoms with Gasteiger partial charge in [-0.15, -0.1) is 0 Å². The molecule has 0 radical (unpaired) electrons. The first-order chi connectivity index (χ1) is 9.95. The van der Waals surface area contributed by atoms with Gasteiger partial charge in [-0.2, -0.15) is 9.57 Å². The minimum absolute atomic E-state index is 0.107. The van der Waals surface area contributed by atoms with Crippen molar-refractivity contribution in [2.45, 2.75) is 11.6 Å². The zero-order chi connectivity index (χ0) is 15.5. The number of hydrogen-bond acceptors (Lipinski definition) is 5. The van der Waals surface area contributed by atoms with Crippen molar-refractivity contribution in [1.82, 2.24) is 9.29 Å². The highest BCUT2D eigenvalue weighted by atomic mass is 32.2. The molecule has 1 aromatic carbocycles. The Morgan fingerprint density at radius 3 is 2.76 bits per heavy atom. The van der Waals surface area contributed by atoms with Crippen LogP contribution in [0, 0.1) is 11.3 Å². The summed E-state index contributed by atoms with van der Waals surface area (Å²) >= 11 is 0. The van der Waals surface area contributed by atoms with Gasteiger partial charge in [0.1, 0.15) is 0 Å². The molecule has 0 bridgehead atoms. The second kappa shape index (κ2) is 5.91. The first-order valence-electron chi connectivity index (χ1n) is 6.11. The maximum atomic E-state index is 12.4. The predicted molar refractivity (Wildman–Crippen MR) is 78.5 cm³/mol. The third kappa shape index (κ3) is 3.18. The molecule has 21 heavy (non-hydrogen) atoms. The minimum atomic E-state index is -3.77. The number of aromatic nitrogens is 1. The molecular weight excluding hydrogens is 288 g/mol. The summed E-state index contributed by atoms with van der Waals surface area (Å²) < 4.78 is 26.0. The van der Waals surface area contributed by atoms with Crippen LogP contribution in [-0.2, 0) is 16.6 Å². The molecule has 7 heteroatoms. The number of benzene rings is 1. The third-order valence-corrected chi connectivity index (χ3v) is 4.70. The largest absolute Gasteiger partial charge is 0.396 e. The van der Waals surface area contributed by atoms with Crippen molar-refractivity contribution in [2.75, 3.05) is 12.8 Å². The van der Waals surface area contributed by atoms with E-state index < -0.39 is 10.0 Å². The molecule has 0 saturated heterocycles. The Morgan fingerprint density at radius 2 is 2.10 bits per heavy atom. The van der Waals surface area contributed by atoms with Crippen LogP contribution < -0.4 is 5.73 Å². The van der Waals surface area contributed by atoms with Crippen molar-refractivity contribution in [3.63, 3.8) is 0 Å². The number of nitrogens with two attached hydrogens (primary N) is 1. The Labute approximate surface area is 123 Å². The SMILES string of the molecule is CN(Cc1cccc(C#N)c1)S(=O)(=O)c1ncccc1N. The molecule has 0 saturated carbocycles. The number of pyridine rings is 1. The monoisotopic (exact) mass is 302 g/mol. The zero-order valence-corrected chi connectivity index (χ0v) is 12.2. The fourth-order valence-electron chi connectivity index (χ4n) is 1.85. The second-order valence-corrected chi connectivity index (χ2v) is 6.43. The van der Waals surface area contributed by atoms with Gasteiger partial charge in [-0.1, -0.05) is 12.1 Å². The second-order valence-electron chi connectivity index (χ2n) is 4.47. The summed E-state index contributed by atoms with van der Waals surface area (Å²) in [6.07, 6.45) is 1.38. The molecule has 0 aliphatic rings. The number of rotatable bonds is 4. The van der Waals surface area contributed by atoms with Gasteiger partial charge in [0.05, 0.1) is 17.3 Å². The van der Waals surface area contributed by atoms with E-state index >= 15 is 0 Å². The molecule has 2 rings (SSSR count). The van der Waals surface area contributed by atoms with Crippen LogP contribution in [0.3, 0.4) is 0 Å². The lowest BCUT2D eigenvalue weighted by atomic mass is 10.1. The van der Waals surface area contributed by atoms with Crippen LogP contribution in [0.5, 0.6) is 0 Å². The van der Waals surface area contributed by atoms with E-state index in [9.17, 15) is 8.42 Å². The van der Waals surface area contributed by atoms with Crippen LogP contribution in [0.2, 0.25) is 0 Å². The van der Waals surface area contributed by atoms with E-state index in [1.165, 1.54) is 19.3 Å². The van der Waals surface area contributed by atoms with Gasteiger partial charge in [0.15, 0.2) is 5.03 Å². The Kier molecular flexibility index (Phi) is 4.21. The van der Waals surface area contributed by atoms with Gasteiger partial charge < -0.3 is 5.73 Å². The van der Waals surface area contributed by atoms with Gasteiger partial charge in [-0.25, -0.2) is 13.4 Å². The van der Waals surface area contributed by atoms with Gasteiger partial charge in [-0.3, -0.25) is 0 Å². The number of nitrogen functional groups attached to an aromatic ring is 1. The van der Waals surface area contributed by atoms with Crippen molar-refractivity contribution in [3.05, 3.63) is 53.7 Å². The van der Waals surface area contributed by atoms with Gasteiger partial charge >= 0.3 is 0 Å². The lowest BCUT2D eigenvalue weighted by Gasteiger charge is -2.17. The molecule has 0 amide bonds. The molecule has 2 aromatic rings. The fraction of sp³-hybridized carbons (Fsp3) is 0.143. The van der Waals surface area contributed by atoms with Crippen LogP contribution in [-0.4, -0.2) is 24.8 Å². The average molecular weight is 302 g/mol. The molecule has 0 atom stereocenters. The number of nitriles is 1. The summed E-state index contributed by atoms with van der Waals surface area (Å²) in [6.45, 7) is 0.133. The Morgan fingerprint density at radius 1 is 1.33 bits per heavy atom. The van der Waals surface area contributed by atoms with Crippen LogP contribution in [0.25, 0.3) is 0 Å². The predicted octanol–water partition coefficient (Wildman–Crippen LogP) is 1.36. The lowest BCUT2D eigenvalue weighted by molar-refractivity contribution is 0.464. The summed E-state index contributed by atoms with van der Waals surface area (Å²) in [5, 5.41) is 8.70. The van der Waals surface area contributed by atoms with Gasteiger partial charge in [0.2, 0.25) is 0 Å². The van der Waals surface area contributed by atoms with Crippen LogP contribution in [0.15, 0.2) is 47.6 Å².